The first-order valence-electron chi connectivity index (χ1n) is 7.23. The van der Waals surface area contributed by atoms with Gasteiger partial charge in [-0.05, 0) is 19.3 Å². The van der Waals surface area contributed by atoms with E-state index >= 15 is 0 Å². The number of nitrogens with zero attached hydrogens (tertiary/aromatic N) is 1. The number of hydrogen-bond acceptors (Lipinski definition) is 4. The second-order valence-corrected chi connectivity index (χ2v) is 5.22. The van der Waals surface area contributed by atoms with E-state index in [0.29, 0.717) is 19.8 Å². The Labute approximate surface area is 116 Å². The predicted octanol–water partition coefficient (Wildman–Crippen LogP) is 1.02. The second kappa shape index (κ2) is 9.28. The van der Waals surface area contributed by atoms with Gasteiger partial charge in [0.2, 0.25) is 5.91 Å². The Morgan fingerprint density at radius 2 is 1.84 bits per heavy atom. The molecule has 1 fully saturated rings. The van der Waals surface area contributed by atoms with Gasteiger partial charge in [-0.15, -0.1) is 0 Å². The highest BCUT2D eigenvalue weighted by atomic mass is 16.5. The topological polar surface area (TPSA) is 64.8 Å². The van der Waals surface area contributed by atoms with E-state index in [1.54, 1.807) is 14.2 Å². The average Bonchev–Trinajstić information content (AvgIpc) is 2.42. The highest BCUT2D eigenvalue weighted by Gasteiger charge is 2.31. The van der Waals surface area contributed by atoms with Crippen molar-refractivity contribution in [3.8, 4) is 0 Å². The molecule has 112 valence electrons. The predicted molar refractivity (Wildman–Crippen MR) is 74.9 cm³/mol. The van der Waals surface area contributed by atoms with Crippen molar-refractivity contribution in [2.45, 2.75) is 38.1 Å². The zero-order chi connectivity index (χ0) is 14.1. The summed E-state index contributed by atoms with van der Waals surface area (Å²) in [7, 11) is 3.34. The van der Waals surface area contributed by atoms with E-state index in [-0.39, 0.29) is 17.9 Å². The number of rotatable bonds is 8. The van der Waals surface area contributed by atoms with Crippen molar-refractivity contribution in [3.63, 3.8) is 0 Å². The Kier molecular flexibility index (Phi) is 8.02. The summed E-state index contributed by atoms with van der Waals surface area (Å²) in [5, 5.41) is 0. The van der Waals surface area contributed by atoms with Gasteiger partial charge in [-0.25, -0.2) is 0 Å². The molecule has 0 aromatic heterocycles. The van der Waals surface area contributed by atoms with E-state index in [0.717, 1.165) is 38.6 Å². The lowest BCUT2D eigenvalue weighted by Gasteiger charge is -2.33. The van der Waals surface area contributed by atoms with Crippen LogP contribution in [0.4, 0.5) is 0 Å². The maximum atomic E-state index is 12.6. The van der Waals surface area contributed by atoms with Gasteiger partial charge in [-0.2, -0.15) is 0 Å². The number of hydrogen-bond donors (Lipinski definition) is 1. The Hall–Kier alpha value is -0.650. The van der Waals surface area contributed by atoms with E-state index in [1.807, 2.05) is 4.90 Å². The van der Waals surface area contributed by atoms with Crippen LogP contribution in [0.5, 0.6) is 0 Å². The van der Waals surface area contributed by atoms with Gasteiger partial charge in [-0.1, -0.05) is 12.8 Å². The average molecular weight is 272 g/mol. The minimum Gasteiger partial charge on any atom is -0.385 e. The first kappa shape index (κ1) is 16.4. The normalized spacial score (nSPS) is 23.3. The highest BCUT2D eigenvalue weighted by Crippen LogP contribution is 2.24. The van der Waals surface area contributed by atoms with Crippen LogP contribution in [0.3, 0.4) is 0 Å². The molecule has 2 N–H and O–H groups in total. The van der Waals surface area contributed by atoms with Gasteiger partial charge in [0, 0.05) is 40.0 Å². The molecular formula is C14H28N2O3. The number of amides is 1. The number of carbonyl (C=O) groups excluding carboxylic acids is 1. The molecule has 5 heteroatoms. The minimum atomic E-state index is -0.00634. The molecule has 0 heterocycles. The van der Waals surface area contributed by atoms with Crippen LogP contribution in [-0.2, 0) is 14.3 Å². The monoisotopic (exact) mass is 272 g/mol. The Balaban J connectivity index is 2.52. The summed E-state index contributed by atoms with van der Waals surface area (Å²) in [5.74, 6) is 0.188. The standard InChI is InChI=1S/C14H28N2O3/c1-18-10-5-8-16(9-11-19-2)14(17)12-6-3-4-7-13(12)15/h12-13H,3-11,15H2,1-2H3. The molecule has 0 saturated heterocycles. The molecular weight excluding hydrogens is 244 g/mol. The molecule has 1 amide bonds. The van der Waals surface area contributed by atoms with Crippen molar-refractivity contribution in [2.75, 3.05) is 40.5 Å². The molecule has 19 heavy (non-hydrogen) atoms. The van der Waals surface area contributed by atoms with Gasteiger partial charge in [-0.3, -0.25) is 4.79 Å². The van der Waals surface area contributed by atoms with Crippen molar-refractivity contribution in [1.29, 1.82) is 0 Å². The van der Waals surface area contributed by atoms with Gasteiger partial charge >= 0.3 is 0 Å². The SMILES string of the molecule is COCCCN(CCOC)C(=O)C1CCCCC1N. The van der Waals surface area contributed by atoms with Crippen LogP contribution in [0.15, 0.2) is 0 Å². The summed E-state index contributed by atoms with van der Waals surface area (Å²) in [4.78, 5) is 14.4. The smallest absolute Gasteiger partial charge is 0.227 e. The van der Waals surface area contributed by atoms with E-state index in [1.165, 1.54) is 0 Å². The van der Waals surface area contributed by atoms with Crippen LogP contribution in [0, 0.1) is 5.92 Å². The van der Waals surface area contributed by atoms with Crippen molar-refractivity contribution in [1.82, 2.24) is 4.90 Å². The fourth-order valence-electron chi connectivity index (χ4n) is 2.63. The van der Waals surface area contributed by atoms with E-state index in [2.05, 4.69) is 0 Å². The summed E-state index contributed by atoms with van der Waals surface area (Å²) in [6.45, 7) is 2.61. The lowest BCUT2D eigenvalue weighted by molar-refractivity contribution is -0.138. The Bertz CT molecular complexity index is 261. The summed E-state index contributed by atoms with van der Waals surface area (Å²) in [6, 6.07) is 0.0220. The van der Waals surface area contributed by atoms with Gasteiger partial charge in [0.05, 0.1) is 12.5 Å². The van der Waals surface area contributed by atoms with Crippen LogP contribution < -0.4 is 5.73 Å². The van der Waals surface area contributed by atoms with Crippen LogP contribution in [-0.4, -0.2) is 57.4 Å². The molecule has 0 aliphatic heterocycles. The fourth-order valence-corrected chi connectivity index (χ4v) is 2.63. The van der Waals surface area contributed by atoms with Crippen LogP contribution in [0.25, 0.3) is 0 Å². The zero-order valence-electron chi connectivity index (χ0n) is 12.3. The molecule has 0 spiro atoms. The molecule has 1 rings (SSSR count). The number of methoxy groups -OCH3 is 2. The molecule has 0 aromatic carbocycles. The summed E-state index contributed by atoms with van der Waals surface area (Å²) < 4.78 is 10.1. The minimum absolute atomic E-state index is 0.00634. The molecule has 1 saturated carbocycles. The van der Waals surface area contributed by atoms with Crippen LogP contribution in [0.2, 0.25) is 0 Å². The maximum Gasteiger partial charge on any atom is 0.227 e. The number of nitrogens with two attached hydrogens (primary N) is 1. The molecule has 1 aliphatic rings. The quantitative estimate of drug-likeness (QED) is 0.670. The lowest BCUT2D eigenvalue weighted by atomic mass is 9.84. The van der Waals surface area contributed by atoms with E-state index in [4.69, 9.17) is 15.2 Å². The first-order valence-corrected chi connectivity index (χ1v) is 7.23. The molecule has 0 radical (unpaired) electrons. The van der Waals surface area contributed by atoms with Gasteiger partial charge < -0.3 is 20.1 Å². The summed E-state index contributed by atoms with van der Waals surface area (Å²) in [6.07, 6.45) is 5.00. The third kappa shape index (κ3) is 5.47. The van der Waals surface area contributed by atoms with Crippen molar-refractivity contribution in [2.24, 2.45) is 11.7 Å². The third-order valence-corrected chi connectivity index (χ3v) is 3.79. The Morgan fingerprint density at radius 3 is 2.47 bits per heavy atom. The molecule has 2 unspecified atom stereocenters. The van der Waals surface area contributed by atoms with Crippen molar-refractivity contribution < 1.29 is 14.3 Å². The zero-order valence-corrected chi connectivity index (χ0v) is 12.3. The lowest BCUT2D eigenvalue weighted by Crippen LogP contribution is -2.47. The van der Waals surface area contributed by atoms with Gasteiger partial charge in [0.25, 0.3) is 0 Å². The van der Waals surface area contributed by atoms with E-state index in [9.17, 15) is 4.79 Å². The molecule has 5 nitrogen and oxygen atoms in total. The van der Waals surface area contributed by atoms with Gasteiger partial charge in [0.1, 0.15) is 0 Å². The van der Waals surface area contributed by atoms with Gasteiger partial charge in [0.15, 0.2) is 0 Å². The van der Waals surface area contributed by atoms with Crippen LogP contribution in [0.1, 0.15) is 32.1 Å². The molecule has 0 bridgehead atoms. The summed E-state index contributed by atoms with van der Waals surface area (Å²) in [5.41, 5.74) is 6.10. The molecule has 2 atom stereocenters. The maximum absolute atomic E-state index is 12.6. The highest BCUT2D eigenvalue weighted by molar-refractivity contribution is 5.79. The first-order chi connectivity index (χ1) is 9.20. The van der Waals surface area contributed by atoms with Crippen LogP contribution >= 0.6 is 0 Å². The van der Waals surface area contributed by atoms with Crippen molar-refractivity contribution in [3.05, 3.63) is 0 Å². The largest absolute Gasteiger partial charge is 0.385 e. The molecule has 0 aromatic rings. The molecule has 1 aliphatic carbocycles. The third-order valence-electron chi connectivity index (χ3n) is 3.79. The fraction of sp³-hybridized carbons (Fsp3) is 0.929. The summed E-state index contributed by atoms with van der Waals surface area (Å²) >= 11 is 0. The Morgan fingerprint density at radius 1 is 1.16 bits per heavy atom. The second-order valence-electron chi connectivity index (χ2n) is 5.22. The number of carbonyl (C=O) groups is 1. The number of ether oxygens (including phenoxy) is 2. The van der Waals surface area contributed by atoms with E-state index < -0.39 is 0 Å². The van der Waals surface area contributed by atoms with Crippen molar-refractivity contribution >= 4 is 5.91 Å².